The third kappa shape index (κ3) is 45.8. The van der Waals surface area contributed by atoms with Crippen LogP contribution in [0.15, 0.2) is 72.9 Å². The summed E-state index contributed by atoms with van der Waals surface area (Å²) in [5.41, 5.74) is 5.34. The SMILES string of the molecule is CC/C=C\CC(O)/C=C/C=C/C/C=C\C/C=C\C/C=C\CCC(=O)O[C@H](COC(=O)CCCCCCCCCCCCCCCCCCCCCCC)COP(=O)(O)OC[C@H](N)C(=O)O. The standard InChI is InChI=1S/C52H90NO11P/c1-3-5-7-8-9-10-11-12-13-14-15-16-17-18-19-22-25-28-31-34-38-42-50(55)61-44-48(45-62-65(59,60)63-46-49(53)52(57)58)64-51(56)43-39-35-32-29-26-23-20-21-24-27-30-33-37-41-47(54)40-36-6-4-2/h6,21,23-24,26,30,32-33,35-37,41,47-49,54H,3-5,7-20,22,25,27-29,31,34,38-40,42-46,53H2,1-2H3,(H,57,58)(H,59,60)/b24-21-,26-23-,33-30+,35-32-,36-6-,41-37+/t47?,48-,49+/m1/s1. The number of phosphoric ester groups is 1. The number of nitrogens with two attached hydrogens (primary N) is 1. The van der Waals surface area contributed by atoms with Gasteiger partial charge in [-0.2, -0.15) is 0 Å². The molecule has 0 rings (SSSR count). The molecule has 0 amide bonds. The quantitative estimate of drug-likeness (QED) is 0.0149. The Labute approximate surface area is 393 Å². The van der Waals surface area contributed by atoms with Gasteiger partial charge in [-0.3, -0.25) is 23.4 Å². The first-order valence-electron chi connectivity index (χ1n) is 25.1. The lowest BCUT2D eigenvalue weighted by Gasteiger charge is -2.20. The zero-order valence-electron chi connectivity index (χ0n) is 40.4. The number of esters is 2. The van der Waals surface area contributed by atoms with Crippen molar-refractivity contribution < 1.29 is 52.6 Å². The molecule has 13 heteroatoms. The van der Waals surface area contributed by atoms with E-state index in [-0.39, 0.29) is 19.4 Å². The zero-order chi connectivity index (χ0) is 47.9. The molecule has 65 heavy (non-hydrogen) atoms. The number of aliphatic carboxylic acids is 1. The summed E-state index contributed by atoms with van der Waals surface area (Å²) in [7, 11) is -4.75. The minimum atomic E-state index is -4.75. The number of hydrogen-bond acceptors (Lipinski definition) is 10. The highest BCUT2D eigenvalue weighted by Gasteiger charge is 2.28. The van der Waals surface area contributed by atoms with Crippen molar-refractivity contribution in [2.45, 2.75) is 218 Å². The van der Waals surface area contributed by atoms with Crippen LogP contribution in [0.5, 0.6) is 0 Å². The first-order chi connectivity index (χ1) is 31.5. The smallest absolute Gasteiger partial charge is 0.472 e. The Morgan fingerprint density at radius 3 is 1.55 bits per heavy atom. The average Bonchev–Trinajstić information content (AvgIpc) is 3.28. The molecule has 0 aliphatic carbocycles. The summed E-state index contributed by atoms with van der Waals surface area (Å²) in [6, 6.07) is -1.54. The van der Waals surface area contributed by atoms with Crippen molar-refractivity contribution in [2.75, 3.05) is 19.8 Å². The van der Waals surface area contributed by atoms with Crippen molar-refractivity contribution in [1.82, 2.24) is 0 Å². The van der Waals surface area contributed by atoms with E-state index in [2.05, 4.69) is 30.5 Å². The topological polar surface area (TPSA) is 192 Å². The van der Waals surface area contributed by atoms with Gasteiger partial charge in [-0.05, 0) is 44.9 Å². The van der Waals surface area contributed by atoms with Gasteiger partial charge >= 0.3 is 25.7 Å². The lowest BCUT2D eigenvalue weighted by Crippen LogP contribution is -2.34. The van der Waals surface area contributed by atoms with Crippen molar-refractivity contribution in [3.8, 4) is 0 Å². The van der Waals surface area contributed by atoms with Crippen molar-refractivity contribution in [3.63, 3.8) is 0 Å². The van der Waals surface area contributed by atoms with Gasteiger partial charge in [-0.15, -0.1) is 0 Å². The number of allylic oxidation sites excluding steroid dienone is 10. The summed E-state index contributed by atoms with van der Waals surface area (Å²) in [6.07, 6.45) is 53.2. The first kappa shape index (κ1) is 61.9. The van der Waals surface area contributed by atoms with Crippen molar-refractivity contribution in [1.29, 1.82) is 0 Å². The summed E-state index contributed by atoms with van der Waals surface area (Å²) in [4.78, 5) is 46.1. The molecular formula is C52H90NO11P. The second-order valence-electron chi connectivity index (χ2n) is 16.8. The summed E-state index contributed by atoms with van der Waals surface area (Å²) in [5.74, 6) is -2.51. The van der Waals surface area contributed by atoms with Crippen LogP contribution in [0, 0.1) is 0 Å². The summed E-state index contributed by atoms with van der Waals surface area (Å²) >= 11 is 0. The van der Waals surface area contributed by atoms with Gasteiger partial charge in [-0.1, -0.05) is 215 Å². The molecule has 4 atom stereocenters. The first-order valence-corrected chi connectivity index (χ1v) is 26.6. The fourth-order valence-corrected chi connectivity index (χ4v) is 7.43. The molecule has 0 aliphatic heterocycles. The number of aliphatic hydroxyl groups is 1. The summed E-state index contributed by atoms with van der Waals surface area (Å²) in [6.45, 7) is 2.54. The molecule has 0 bridgehead atoms. The minimum Gasteiger partial charge on any atom is -0.480 e. The van der Waals surface area contributed by atoms with Crippen LogP contribution in [0.1, 0.15) is 200 Å². The van der Waals surface area contributed by atoms with Gasteiger partial charge < -0.3 is 30.3 Å². The van der Waals surface area contributed by atoms with Gasteiger partial charge in [0.25, 0.3) is 0 Å². The lowest BCUT2D eigenvalue weighted by molar-refractivity contribution is -0.161. The van der Waals surface area contributed by atoms with Crippen molar-refractivity contribution >= 4 is 25.7 Å². The second-order valence-corrected chi connectivity index (χ2v) is 18.2. The molecule has 374 valence electrons. The number of carbonyl (C=O) groups excluding carboxylic acids is 2. The number of carbonyl (C=O) groups is 3. The van der Waals surface area contributed by atoms with Gasteiger partial charge in [0.05, 0.1) is 19.3 Å². The van der Waals surface area contributed by atoms with Crippen LogP contribution in [0.3, 0.4) is 0 Å². The Morgan fingerprint density at radius 1 is 0.569 bits per heavy atom. The van der Waals surface area contributed by atoms with Crippen LogP contribution in [0.25, 0.3) is 0 Å². The van der Waals surface area contributed by atoms with Crippen LogP contribution >= 0.6 is 7.82 Å². The maximum absolute atomic E-state index is 12.6. The summed E-state index contributed by atoms with van der Waals surface area (Å²) in [5, 5.41) is 18.8. The van der Waals surface area contributed by atoms with Crippen LogP contribution < -0.4 is 5.73 Å². The Bertz CT molecular complexity index is 1390. The number of rotatable bonds is 46. The third-order valence-corrected chi connectivity index (χ3v) is 11.5. The molecular weight excluding hydrogens is 846 g/mol. The molecule has 0 heterocycles. The highest BCUT2D eigenvalue weighted by Crippen LogP contribution is 2.43. The van der Waals surface area contributed by atoms with Crippen LogP contribution in [0.2, 0.25) is 0 Å². The second kappa shape index (κ2) is 46.0. The van der Waals surface area contributed by atoms with E-state index < -0.39 is 57.2 Å². The summed E-state index contributed by atoms with van der Waals surface area (Å²) < 4.78 is 32.7. The van der Waals surface area contributed by atoms with E-state index in [1.54, 1.807) is 6.08 Å². The van der Waals surface area contributed by atoms with E-state index in [1.165, 1.54) is 109 Å². The van der Waals surface area contributed by atoms with E-state index in [4.69, 9.17) is 24.8 Å². The Morgan fingerprint density at radius 2 is 1.05 bits per heavy atom. The average molecular weight is 936 g/mol. The fraction of sp³-hybridized carbons (Fsp3) is 0.712. The van der Waals surface area contributed by atoms with E-state index in [0.29, 0.717) is 25.7 Å². The maximum atomic E-state index is 12.6. The molecule has 5 N–H and O–H groups in total. The monoisotopic (exact) mass is 936 g/mol. The predicted molar refractivity (Wildman–Crippen MR) is 264 cm³/mol. The number of aliphatic hydroxyl groups excluding tert-OH is 1. The van der Waals surface area contributed by atoms with Gasteiger partial charge in [0, 0.05) is 12.8 Å². The van der Waals surface area contributed by atoms with Gasteiger partial charge in [0.15, 0.2) is 6.10 Å². The predicted octanol–water partition coefficient (Wildman–Crippen LogP) is 13.0. The number of carboxylic acids is 1. The normalized spacial score (nSPS) is 14.7. The minimum absolute atomic E-state index is 0.0190. The van der Waals surface area contributed by atoms with Gasteiger partial charge in [0.2, 0.25) is 0 Å². The highest BCUT2D eigenvalue weighted by atomic mass is 31.2. The maximum Gasteiger partial charge on any atom is 0.472 e. The Kier molecular flexibility index (Phi) is 43.8. The van der Waals surface area contributed by atoms with Crippen molar-refractivity contribution in [3.05, 3.63) is 72.9 Å². The molecule has 0 aromatic carbocycles. The van der Waals surface area contributed by atoms with Crippen LogP contribution in [0.4, 0.5) is 0 Å². The molecule has 12 nitrogen and oxygen atoms in total. The highest BCUT2D eigenvalue weighted by molar-refractivity contribution is 7.47. The van der Waals surface area contributed by atoms with Gasteiger partial charge in [0.1, 0.15) is 12.6 Å². The van der Waals surface area contributed by atoms with E-state index >= 15 is 0 Å². The van der Waals surface area contributed by atoms with E-state index in [9.17, 15) is 28.9 Å². The Hall–Kier alpha value is -3.12. The third-order valence-electron chi connectivity index (χ3n) is 10.6. The molecule has 2 unspecified atom stereocenters. The lowest BCUT2D eigenvalue weighted by atomic mass is 10.0. The van der Waals surface area contributed by atoms with Crippen LogP contribution in [-0.4, -0.2) is 71.1 Å². The number of phosphoric acid groups is 1. The van der Waals surface area contributed by atoms with E-state index in [0.717, 1.165) is 38.5 Å². The van der Waals surface area contributed by atoms with E-state index in [1.807, 2.05) is 54.7 Å². The molecule has 0 aliphatic rings. The van der Waals surface area contributed by atoms with Crippen LogP contribution in [-0.2, 0) is 37.5 Å². The fourth-order valence-electron chi connectivity index (χ4n) is 6.65. The molecule has 0 aromatic rings. The number of hydrogen-bond donors (Lipinski definition) is 4. The number of carboxylic acid groups (broad SMARTS) is 1. The molecule has 0 spiro atoms. The molecule has 0 saturated heterocycles. The van der Waals surface area contributed by atoms with Gasteiger partial charge in [-0.25, -0.2) is 4.57 Å². The molecule has 0 aromatic heterocycles. The molecule has 0 radical (unpaired) electrons. The zero-order valence-corrected chi connectivity index (χ0v) is 41.3. The Balaban J connectivity index is 4.39. The number of unbranched alkanes of at least 4 members (excludes halogenated alkanes) is 20. The molecule has 0 fully saturated rings. The number of ether oxygens (including phenoxy) is 2. The molecule has 0 saturated carbocycles. The van der Waals surface area contributed by atoms with Crippen molar-refractivity contribution in [2.24, 2.45) is 5.73 Å². The largest absolute Gasteiger partial charge is 0.480 e.